The zero-order valence-electron chi connectivity index (χ0n) is 8.39. The summed E-state index contributed by atoms with van der Waals surface area (Å²) in [4.78, 5) is 12.9. The Hall–Kier alpha value is -0.200. The van der Waals surface area contributed by atoms with Gasteiger partial charge in [0.15, 0.2) is 0 Å². The lowest BCUT2D eigenvalue weighted by molar-refractivity contribution is -0.128. The molecule has 0 amide bonds. The molecule has 16 heavy (non-hydrogen) atoms. The highest BCUT2D eigenvalue weighted by atomic mass is 79.9. The van der Waals surface area contributed by atoms with Gasteiger partial charge in [0, 0.05) is 30.2 Å². The van der Waals surface area contributed by atoms with E-state index in [9.17, 15) is 13.6 Å². The molecule has 1 saturated heterocycles. The molecule has 0 aromatic rings. The number of allylic oxidation sites excluding steroid dienone is 2. The summed E-state index contributed by atoms with van der Waals surface area (Å²) in [5, 5.41) is -3.51. The Kier molecular flexibility index (Phi) is 5.14. The summed E-state index contributed by atoms with van der Waals surface area (Å²) in [5.74, 6) is -1.39. The van der Waals surface area contributed by atoms with Crippen LogP contribution < -0.4 is 0 Å². The summed E-state index contributed by atoms with van der Waals surface area (Å²) in [6, 6.07) is 0. The largest absolute Gasteiger partial charge is 0.384 e. The molecule has 0 N–H and O–H groups in total. The van der Waals surface area contributed by atoms with E-state index in [1.165, 1.54) is 0 Å². The van der Waals surface area contributed by atoms with Crippen LogP contribution in [0.4, 0.5) is 8.78 Å². The summed E-state index contributed by atoms with van der Waals surface area (Å²) >= 11 is 7.79. The van der Waals surface area contributed by atoms with Gasteiger partial charge in [0.2, 0.25) is 5.78 Å². The second-order valence-electron chi connectivity index (χ2n) is 3.23. The van der Waals surface area contributed by atoms with Crippen LogP contribution in [0.3, 0.4) is 0 Å². The third-order valence-electron chi connectivity index (χ3n) is 2.13. The van der Waals surface area contributed by atoms with Crippen molar-refractivity contribution in [1.29, 1.82) is 0 Å². The van der Waals surface area contributed by atoms with E-state index in [0.717, 1.165) is 6.08 Å². The minimum atomic E-state index is -3.83. The molecular weight excluding hydrogens is 307 g/mol. The number of morpholine rings is 1. The van der Waals surface area contributed by atoms with E-state index in [1.807, 2.05) is 4.90 Å². The Morgan fingerprint density at radius 2 is 2.06 bits per heavy atom. The lowest BCUT2D eigenvalue weighted by atomic mass is 10.3. The van der Waals surface area contributed by atoms with Gasteiger partial charge in [-0.25, -0.2) is 0 Å². The molecule has 1 rings (SSSR count). The Labute approximate surface area is 106 Å². The number of carbonyl (C=O) groups is 1. The van der Waals surface area contributed by atoms with Crippen LogP contribution >= 0.6 is 27.5 Å². The van der Waals surface area contributed by atoms with E-state index in [4.69, 9.17) is 4.74 Å². The van der Waals surface area contributed by atoms with E-state index < -0.39 is 11.2 Å². The molecule has 1 aliphatic heterocycles. The van der Waals surface area contributed by atoms with Gasteiger partial charge in [0.25, 0.3) is 0 Å². The Morgan fingerprint density at radius 1 is 1.50 bits per heavy atom. The highest BCUT2D eigenvalue weighted by molar-refractivity contribution is 9.09. The smallest absolute Gasteiger partial charge is 0.378 e. The Bertz CT molecular complexity index is 288. The third-order valence-corrected chi connectivity index (χ3v) is 2.89. The van der Waals surface area contributed by atoms with Crippen molar-refractivity contribution in [3.05, 3.63) is 11.8 Å². The molecule has 1 fully saturated rings. The first kappa shape index (κ1) is 13.9. The zero-order valence-corrected chi connectivity index (χ0v) is 10.7. The molecule has 7 heteroatoms. The number of alkyl halides is 4. The van der Waals surface area contributed by atoms with Gasteiger partial charge in [-0.2, -0.15) is 8.78 Å². The van der Waals surface area contributed by atoms with Crippen LogP contribution in [0.25, 0.3) is 0 Å². The molecule has 0 atom stereocenters. The van der Waals surface area contributed by atoms with Crippen LogP contribution in [0, 0.1) is 0 Å². The molecular formula is C9H11BrClF2NO2. The fraction of sp³-hybridized carbons (Fsp3) is 0.667. The van der Waals surface area contributed by atoms with Crippen LogP contribution in [-0.2, 0) is 9.53 Å². The van der Waals surface area contributed by atoms with Crippen LogP contribution in [0.5, 0.6) is 0 Å². The number of ketones is 1. The maximum absolute atomic E-state index is 12.5. The summed E-state index contributed by atoms with van der Waals surface area (Å²) in [6.45, 7) is 2.21. The second kappa shape index (κ2) is 5.93. The molecule has 0 aliphatic carbocycles. The lowest BCUT2D eigenvalue weighted by Crippen LogP contribution is -2.37. The van der Waals surface area contributed by atoms with Crippen molar-refractivity contribution >= 4 is 33.3 Å². The molecule has 0 aromatic heterocycles. The normalized spacial score (nSPS) is 18.8. The SMILES string of the molecule is O=C(/C=C(\CBr)N1CCOCC1)C(F)(F)Cl. The number of rotatable bonds is 4. The fourth-order valence-corrected chi connectivity index (χ4v) is 1.87. The molecule has 1 heterocycles. The van der Waals surface area contributed by atoms with Crippen molar-refractivity contribution in [3.8, 4) is 0 Å². The third kappa shape index (κ3) is 3.99. The van der Waals surface area contributed by atoms with Gasteiger partial charge in [-0.1, -0.05) is 15.9 Å². The van der Waals surface area contributed by atoms with Gasteiger partial charge in [-0.3, -0.25) is 4.79 Å². The molecule has 3 nitrogen and oxygen atoms in total. The highest BCUT2D eigenvalue weighted by Crippen LogP contribution is 2.22. The maximum Gasteiger partial charge on any atom is 0.384 e. The van der Waals surface area contributed by atoms with Gasteiger partial charge in [-0.05, 0) is 11.6 Å². The molecule has 0 bridgehead atoms. The first-order valence-electron chi connectivity index (χ1n) is 4.65. The molecule has 0 spiro atoms. The quantitative estimate of drug-likeness (QED) is 0.586. The van der Waals surface area contributed by atoms with Crippen LogP contribution in [0.1, 0.15) is 0 Å². The first-order chi connectivity index (χ1) is 7.45. The minimum absolute atomic E-state index is 0.325. The lowest BCUT2D eigenvalue weighted by Gasteiger charge is -2.30. The summed E-state index contributed by atoms with van der Waals surface area (Å²) in [5.41, 5.74) is 0.494. The zero-order chi connectivity index (χ0) is 12.2. The first-order valence-corrected chi connectivity index (χ1v) is 6.15. The van der Waals surface area contributed by atoms with Crippen molar-refractivity contribution in [2.45, 2.75) is 5.38 Å². The van der Waals surface area contributed by atoms with E-state index in [2.05, 4.69) is 27.5 Å². The molecule has 0 unspecified atom stereocenters. The van der Waals surface area contributed by atoms with Crippen molar-refractivity contribution in [1.82, 2.24) is 4.90 Å². The Balaban J connectivity index is 2.72. The van der Waals surface area contributed by atoms with Crippen molar-refractivity contribution in [2.24, 2.45) is 0 Å². The summed E-state index contributed by atoms with van der Waals surface area (Å²) in [7, 11) is 0. The van der Waals surface area contributed by atoms with Crippen molar-refractivity contribution < 1.29 is 18.3 Å². The van der Waals surface area contributed by atoms with Crippen molar-refractivity contribution in [3.63, 3.8) is 0 Å². The highest BCUT2D eigenvalue weighted by Gasteiger charge is 2.34. The minimum Gasteiger partial charge on any atom is -0.378 e. The van der Waals surface area contributed by atoms with Gasteiger partial charge in [0.05, 0.1) is 13.2 Å². The molecule has 0 saturated carbocycles. The number of ether oxygens (including phenoxy) is 1. The van der Waals surface area contributed by atoms with E-state index >= 15 is 0 Å². The van der Waals surface area contributed by atoms with E-state index in [-0.39, 0.29) is 0 Å². The number of carbonyl (C=O) groups excluding carboxylic acids is 1. The monoisotopic (exact) mass is 317 g/mol. The van der Waals surface area contributed by atoms with Gasteiger partial charge in [0.1, 0.15) is 0 Å². The topological polar surface area (TPSA) is 29.5 Å². The number of nitrogens with zero attached hydrogens (tertiary/aromatic N) is 1. The number of hydrogen-bond donors (Lipinski definition) is 0. The fourth-order valence-electron chi connectivity index (χ4n) is 1.30. The van der Waals surface area contributed by atoms with Crippen LogP contribution in [-0.4, -0.2) is 47.7 Å². The number of hydrogen-bond acceptors (Lipinski definition) is 3. The predicted octanol–water partition coefficient (Wildman–Crippen LogP) is 2.00. The average Bonchev–Trinajstić information content (AvgIpc) is 2.25. The van der Waals surface area contributed by atoms with Crippen molar-refractivity contribution in [2.75, 3.05) is 31.6 Å². The van der Waals surface area contributed by atoms with Crippen LogP contribution in [0.2, 0.25) is 0 Å². The molecule has 92 valence electrons. The summed E-state index contributed by atoms with van der Waals surface area (Å²) < 4.78 is 30.1. The Morgan fingerprint density at radius 3 is 2.50 bits per heavy atom. The summed E-state index contributed by atoms with van der Waals surface area (Å²) in [6.07, 6.45) is 0.882. The van der Waals surface area contributed by atoms with Gasteiger partial charge >= 0.3 is 5.38 Å². The van der Waals surface area contributed by atoms with Gasteiger partial charge in [-0.15, -0.1) is 0 Å². The molecule has 0 aromatic carbocycles. The standard InChI is InChI=1S/C9H11BrClF2NO2/c10-6-7(5-8(15)9(11,12)13)14-1-3-16-4-2-14/h5H,1-4,6H2/b7-5+. The molecule has 0 radical (unpaired) electrons. The van der Waals surface area contributed by atoms with E-state index in [0.29, 0.717) is 37.3 Å². The number of halogens is 4. The van der Waals surface area contributed by atoms with E-state index in [1.54, 1.807) is 0 Å². The second-order valence-corrected chi connectivity index (χ2v) is 4.27. The maximum atomic E-state index is 12.5. The van der Waals surface area contributed by atoms with Gasteiger partial charge < -0.3 is 9.64 Å². The van der Waals surface area contributed by atoms with Crippen LogP contribution in [0.15, 0.2) is 11.8 Å². The molecule has 1 aliphatic rings. The average molecular weight is 319 g/mol. The predicted molar refractivity (Wildman–Crippen MR) is 60.1 cm³/mol.